The molecular weight excluding hydrogens is 352 g/mol. The summed E-state index contributed by atoms with van der Waals surface area (Å²) in [5, 5.41) is 4.32. The first-order valence-electron chi connectivity index (χ1n) is 9.81. The number of benzene rings is 1. The average molecular weight is 378 g/mol. The summed E-state index contributed by atoms with van der Waals surface area (Å²) in [4.78, 5) is 28.9. The van der Waals surface area contributed by atoms with Crippen molar-refractivity contribution in [3.63, 3.8) is 0 Å². The molecule has 2 aromatic heterocycles. The maximum atomic E-state index is 12.6. The predicted octanol–water partition coefficient (Wildman–Crippen LogP) is 1.83. The standard InChI is InChI=1S/C21H26N6O/c1-16(26-11-13-27(14-12-26)21-23-8-4-9-24-21)20(28)22-10-7-17-15-25-19-6-3-2-5-18(17)19/h2-6,8-9,15-16,25H,7,10-14H2,1H3,(H,22,28). The third-order valence-corrected chi connectivity index (χ3v) is 5.44. The van der Waals surface area contributed by atoms with Gasteiger partial charge in [0.05, 0.1) is 6.04 Å². The Hall–Kier alpha value is -2.93. The molecule has 3 aromatic rings. The number of hydrogen-bond acceptors (Lipinski definition) is 5. The maximum Gasteiger partial charge on any atom is 0.237 e. The van der Waals surface area contributed by atoms with Crippen molar-refractivity contribution in [3.8, 4) is 0 Å². The van der Waals surface area contributed by atoms with E-state index < -0.39 is 0 Å². The Bertz CT molecular complexity index is 917. The molecule has 0 radical (unpaired) electrons. The predicted molar refractivity (Wildman–Crippen MR) is 110 cm³/mol. The van der Waals surface area contributed by atoms with Crippen molar-refractivity contribution in [1.82, 2.24) is 25.2 Å². The fraction of sp³-hybridized carbons (Fsp3) is 0.381. The number of hydrogen-bond donors (Lipinski definition) is 2. The van der Waals surface area contributed by atoms with Crippen LogP contribution in [0, 0.1) is 0 Å². The summed E-state index contributed by atoms with van der Waals surface area (Å²) < 4.78 is 0. The largest absolute Gasteiger partial charge is 0.361 e. The number of carbonyl (C=O) groups is 1. The SMILES string of the molecule is CC(C(=O)NCCc1c[nH]c2ccccc12)N1CCN(c2ncccn2)CC1. The smallest absolute Gasteiger partial charge is 0.237 e. The lowest BCUT2D eigenvalue weighted by atomic mass is 10.1. The minimum atomic E-state index is -0.137. The Morgan fingerprint density at radius 3 is 2.68 bits per heavy atom. The van der Waals surface area contributed by atoms with Gasteiger partial charge in [-0.2, -0.15) is 0 Å². The minimum Gasteiger partial charge on any atom is -0.361 e. The highest BCUT2D eigenvalue weighted by molar-refractivity contribution is 5.83. The van der Waals surface area contributed by atoms with Gasteiger partial charge < -0.3 is 15.2 Å². The first kappa shape index (κ1) is 18.4. The van der Waals surface area contributed by atoms with Crippen LogP contribution in [0.3, 0.4) is 0 Å². The van der Waals surface area contributed by atoms with Crippen LogP contribution in [0.4, 0.5) is 5.95 Å². The zero-order valence-electron chi connectivity index (χ0n) is 16.1. The van der Waals surface area contributed by atoms with Crippen LogP contribution in [0.5, 0.6) is 0 Å². The number of rotatable bonds is 6. The molecule has 1 aliphatic rings. The molecule has 0 saturated carbocycles. The summed E-state index contributed by atoms with van der Waals surface area (Å²) in [6.45, 7) is 5.94. The lowest BCUT2D eigenvalue weighted by Crippen LogP contribution is -2.54. The summed E-state index contributed by atoms with van der Waals surface area (Å²) in [5.41, 5.74) is 2.37. The third kappa shape index (κ3) is 3.99. The van der Waals surface area contributed by atoms with Crippen molar-refractivity contribution in [2.45, 2.75) is 19.4 Å². The van der Waals surface area contributed by atoms with Crippen molar-refractivity contribution >= 4 is 22.8 Å². The van der Waals surface area contributed by atoms with Gasteiger partial charge in [-0.05, 0) is 31.0 Å². The molecule has 28 heavy (non-hydrogen) atoms. The number of nitrogens with one attached hydrogen (secondary N) is 2. The zero-order valence-corrected chi connectivity index (χ0v) is 16.1. The molecule has 7 heteroatoms. The van der Waals surface area contributed by atoms with Gasteiger partial charge in [0, 0.05) is 62.2 Å². The van der Waals surface area contributed by atoms with E-state index in [4.69, 9.17) is 0 Å². The fourth-order valence-corrected chi connectivity index (χ4v) is 3.74. The summed E-state index contributed by atoms with van der Waals surface area (Å²) in [5.74, 6) is 0.849. The topological polar surface area (TPSA) is 77.2 Å². The number of piperazine rings is 1. The van der Waals surface area contributed by atoms with Crippen molar-refractivity contribution in [1.29, 1.82) is 0 Å². The van der Waals surface area contributed by atoms with Crippen molar-refractivity contribution < 1.29 is 4.79 Å². The number of anilines is 1. The minimum absolute atomic E-state index is 0.0873. The number of H-pyrrole nitrogens is 1. The number of fused-ring (bicyclic) bond motifs is 1. The normalized spacial score (nSPS) is 16.2. The molecule has 1 amide bonds. The quantitative estimate of drug-likeness (QED) is 0.684. The lowest BCUT2D eigenvalue weighted by Gasteiger charge is -2.37. The molecule has 1 fully saturated rings. The van der Waals surface area contributed by atoms with E-state index in [1.807, 2.05) is 31.3 Å². The molecule has 1 unspecified atom stereocenters. The van der Waals surface area contributed by atoms with E-state index >= 15 is 0 Å². The Balaban J connectivity index is 1.25. The number of aromatic amines is 1. The van der Waals surface area contributed by atoms with Gasteiger partial charge in [0.15, 0.2) is 0 Å². The van der Waals surface area contributed by atoms with Crippen molar-refractivity contribution in [2.24, 2.45) is 0 Å². The third-order valence-electron chi connectivity index (χ3n) is 5.44. The number of carbonyl (C=O) groups excluding carboxylic acids is 1. The highest BCUT2D eigenvalue weighted by atomic mass is 16.2. The second kappa shape index (κ2) is 8.39. The first-order valence-corrected chi connectivity index (χ1v) is 9.81. The molecule has 1 aliphatic heterocycles. The van der Waals surface area contributed by atoms with Crippen LogP contribution >= 0.6 is 0 Å². The fourth-order valence-electron chi connectivity index (χ4n) is 3.74. The molecule has 1 aromatic carbocycles. The molecule has 1 atom stereocenters. The number of aromatic nitrogens is 3. The van der Waals surface area contributed by atoms with E-state index in [-0.39, 0.29) is 11.9 Å². The molecule has 0 aliphatic carbocycles. The Labute approximate surface area is 164 Å². The van der Waals surface area contributed by atoms with E-state index in [1.54, 1.807) is 12.4 Å². The van der Waals surface area contributed by atoms with Gasteiger partial charge in [0.2, 0.25) is 11.9 Å². The van der Waals surface area contributed by atoms with E-state index in [2.05, 4.69) is 42.2 Å². The van der Waals surface area contributed by atoms with Gasteiger partial charge in [0.1, 0.15) is 0 Å². The van der Waals surface area contributed by atoms with Crippen LogP contribution in [-0.2, 0) is 11.2 Å². The van der Waals surface area contributed by atoms with E-state index in [0.717, 1.165) is 44.1 Å². The van der Waals surface area contributed by atoms with Crippen LogP contribution in [0.15, 0.2) is 48.9 Å². The monoisotopic (exact) mass is 378 g/mol. The highest BCUT2D eigenvalue weighted by Crippen LogP contribution is 2.17. The van der Waals surface area contributed by atoms with Crippen LogP contribution in [0.25, 0.3) is 10.9 Å². The summed E-state index contributed by atoms with van der Waals surface area (Å²) >= 11 is 0. The average Bonchev–Trinajstić information content (AvgIpc) is 3.17. The molecule has 146 valence electrons. The molecule has 0 spiro atoms. The number of amides is 1. The second-order valence-electron chi connectivity index (χ2n) is 7.15. The zero-order chi connectivity index (χ0) is 19.3. The second-order valence-corrected chi connectivity index (χ2v) is 7.15. The van der Waals surface area contributed by atoms with Crippen molar-refractivity contribution in [2.75, 3.05) is 37.6 Å². The first-order chi connectivity index (χ1) is 13.7. The molecule has 7 nitrogen and oxygen atoms in total. The van der Waals surface area contributed by atoms with Gasteiger partial charge >= 0.3 is 0 Å². The maximum absolute atomic E-state index is 12.6. The summed E-state index contributed by atoms with van der Waals surface area (Å²) in [6.07, 6.45) is 6.38. The van der Waals surface area contributed by atoms with E-state index in [9.17, 15) is 4.79 Å². The van der Waals surface area contributed by atoms with Crippen molar-refractivity contribution in [3.05, 3.63) is 54.5 Å². The molecule has 1 saturated heterocycles. The van der Waals surface area contributed by atoms with E-state index in [0.29, 0.717) is 6.54 Å². The van der Waals surface area contributed by atoms with Gasteiger partial charge in [0.25, 0.3) is 0 Å². The van der Waals surface area contributed by atoms with Gasteiger partial charge in [-0.1, -0.05) is 18.2 Å². The van der Waals surface area contributed by atoms with Crippen LogP contribution < -0.4 is 10.2 Å². The highest BCUT2D eigenvalue weighted by Gasteiger charge is 2.26. The molecule has 2 N–H and O–H groups in total. The van der Waals surface area contributed by atoms with E-state index in [1.165, 1.54) is 10.9 Å². The lowest BCUT2D eigenvalue weighted by molar-refractivity contribution is -0.125. The summed E-state index contributed by atoms with van der Waals surface area (Å²) in [6, 6.07) is 9.93. The molecular formula is C21H26N6O. The number of para-hydroxylation sites is 1. The van der Waals surface area contributed by atoms with Crippen LogP contribution in [0.1, 0.15) is 12.5 Å². The van der Waals surface area contributed by atoms with Crippen LogP contribution in [0.2, 0.25) is 0 Å². The molecule has 3 heterocycles. The molecule has 0 bridgehead atoms. The Kier molecular flexibility index (Phi) is 5.53. The van der Waals surface area contributed by atoms with Gasteiger partial charge in [-0.15, -0.1) is 0 Å². The number of nitrogens with zero attached hydrogens (tertiary/aromatic N) is 4. The Morgan fingerprint density at radius 2 is 1.89 bits per heavy atom. The van der Waals surface area contributed by atoms with Gasteiger partial charge in [-0.3, -0.25) is 9.69 Å². The summed E-state index contributed by atoms with van der Waals surface area (Å²) in [7, 11) is 0. The Morgan fingerprint density at radius 1 is 1.14 bits per heavy atom. The van der Waals surface area contributed by atoms with Gasteiger partial charge in [-0.25, -0.2) is 9.97 Å². The van der Waals surface area contributed by atoms with Crippen LogP contribution in [-0.4, -0.2) is 64.5 Å². The molecule has 4 rings (SSSR count).